The Balaban J connectivity index is 1.50. The van der Waals surface area contributed by atoms with E-state index in [2.05, 4.69) is 52.7 Å². The topological polar surface area (TPSA) is 46.6 Å². The van der Waals surface area contributed by atoms with Crippen LogP contribution >= 0.6 is 0 Å². The van der Waals surface area contributed by atoms with E-state index in [-0.39, 0.29) is 6.04 Å². The Morgan fingerprint density at radius 2 is 1.70 bits per heavy atom. The number of rotatable bonds is 4. The maximum Gasteiger partial charge on any atom is 0.161 e. The monoisotopic (exact) mass is 399 g/mol. The predicted octanol–water partition coefficient (Wildman–Crippen LogP) is 4.56. The van der Waals surface area contributed by atoms with E-state index in [1.807, 2.05) is 24.4 Å². The van der Waals surface area contributed by atoms with Crippen LogP contribution in [0, 0.1) is 0 Å². The van der Waals surface area contributed by atoms with Crippen LogP contribution in [0.1, 0.15) is 11.6 Å². The number of benzene rings is 3. The molecule has 5 heteroatoms. The minimum absolute atomic E-state index is 0.251. The standard InChI is InChI=1S/C25H25N3O2/c1-29-23-14-19-9-10-27-25(21(19)15-24(23)30-2)28-12-11-26-22(16-28)20-8-7-17-5-3-4-6-18(17)13-20/h3-10,13-15,22,26H,11-12,16H2,1-2H3. The summed E-state index contributed by atoms with van der Waals surface area (Å²) in [6.45, 7) is 2.67. The summed E-state index contributed by atoms with van der Waals surface area (Å²) in [4.78, 5) is 7.11. The van der Waals surface area contributed by atoms with Gasteiger partial charge in [-0.2, -0.15) is 0 Å². The van der Waals surface area contributed by atoms with Crippen LogP contribution in [0.4, 0.5) is 5.82 Å². The normalized spacial score (nSPS) is 16.7. The molecule has 1 unspecified atom stereocenters. The second-order valence-electron chi connectivity index (χ2n) is 7.62. The Morgan fingerprint density at radius 1 is 0.900 bits per heavy atom. The zero-order valence-corrected chi connectivity index (χ0v) is 17.3. The van der Waals surface area contributed by atoms with Crippen molar-refractivity contribution in [3.05, 3.63) is 72.4 Å². The maximum atomic E-state index is 5.53. The predicted molar refractivity (Wildman–Crippen MR) is 122 cm³/mol. The first-order chi connectivity index (χ1) is 14.8. The van der Waals surface area contributed by atoms with Gasteiger partial charge in [-0.1, -0.05) is 36.4 Å². The van der Waals surface area contributed by atoms with Crippen LogP contribution in [0.2, 0.25) is 0 Å². The van der Waals surface area contributed by atoms with Crippen LogP contribution in [0.5, 0.6) is 11.5 Å². The smallest absolute Gasteiger partial charge is 0.161 e. The van der Waals surface area contributed by atoms with Crippen molar-refractivity contribution in [1.82, 2.24) is 10.3 Å². The number of aromatic nitrogens is 1. The van der Waals surface area contributed by atoms with Gasteiger partial charge >= 0.3 is 0 Å². The second-order valence-corrected chi connectivity index (χ2v) is 7.62. The summed E-state index contributed by atoms with van der Waals surface area (Å²) in [6.07, 6.45) is 1.87. The number of hydrogen-bond donors (Lipinski definition) is 1. The van der Waals surface area contributed by atoms with E-state index in [9.17, 15) is 0 Å². The van der Waals surface area contributed by atoms with Crippen molar-refractivity contribution < 1.29 is 9.47 Å². The highest BCUT2D eigenvalue weighted by Crippen LogP contribution is 2.36. The summed E-state index contributed by atoms with van der Waals surface area (Å²) in [6, 6.07) is 21.5. The van der Waals surface area contributed by atoms with Crippen molar-refractivity contribution in [2.75, 3.05) is 38.8 Å². The molecule has 0 saturated carbocycles. The number of anilines is 1. The highest BCUT2D eigenvalue weighted by molar-refractivity contribution is 5.94. The minimum Gasteiger partial charge on any atom is -0.493 e. The van der Waals surface area contributed by atoms with E-state index in [4.69, 9.17) is 14.5 Å². The van der Waals surface area contributed by atoms with E-state index in [0.29, 0.717) is 0 Å². The summed E-state index contributed by atoms with van der Waals surface area (Å²) < 4.78 is 11.0. The van der Waals surface area contributed by atoms with E-state index in [0.717, 1.165) is 47.7 Å². The summed E-state index contributed by atoms with van der Waals surface area (Å²) in [5.74, 6) is 2.44. The number of piperazine rings is 1. The van der Waals surface area contributed by atoms with Crippen molar-refractivity contribution >= 4 is 27.4 Å². The first-order valence-electron chi connectivity index (χ1n) is 10.2. The lowest BCUT2D eigenvalue weighted by molar-refractivity contribution is 0.356. The number of fused-ring (bicyclic) bond motifs is 2. The molecule has 2 heterocycles. The van der Waals surface area contributed by atoms with Gasteiger partial charge < -0.3 is 19.7 Å². The number of ether oxygens (including phenoxy) is 2. The lowest BCUT2D eigenvalue weighted by atomic mass is 10.00. The summed E-state index contributed by atoms with van der Waals surface area (Å²) in [7, 11) is 3.33. The number of nitrogens with one attached hydrogen (secondary N) is 1. The molecule has 1 N–H and O–H groups in total. The van der Waals surface area contributed by atoms with Gasteiger partial charge in [-0.15, -0.1) is 0 Å². The SMILES string of the molecule is COc1cc2ccnc(N3CCNC(c4ccc5ccccc5c4)C3)c2cc1OC. The van der Waals surface area contributed by atoms with Gasteiger partial charge in [0.2, 0.25) is 0 Å². The molecule has 5 rings (SSSR count). The first-order valence-corrected chi connectivity index (χ1v) is 10.2. The molecular formula is C25H25N3O2. The second kappa shape index (κ2) is 7.84. The highest BCUT2D eigenvalue weighted by Gasteiger charge is 2.23. The molecule has 5 nitrogen and oxygen atoms in total. The fourth-order valence-corrected chi connectivity index (χ4v) is 4.33. The van der Waals surface area contributed by atoms with Crippen molar-refractivity contribution in [3.8, 4) is 11.5 Å². The number of methoxy groups -OCH3 is 2. The first kappa shape index (κ1) is 18.7. The van der Waals surface area contributed by atoms with Crippen molar-refractivity contribution in [1.29, 1.82) is 0 Å². The van der Waals surface area contributed by atoms with Crippen LogP contribution in [-0.4, -0.2) is 38.8 Å². The van der Waals surface area contributed by atoms with Gasteiger partial charge in [0, 0.05) is 37.3 Å². The van der Waals surface area contributed by atoms with Gasteiger partial charge in [-0.05, 0) is 46.0 Å². The fraction of sp³-hybridized carbons (Fsp3) is 0.240. The molecule has 0 radical (unpaired) electrons. The molecule has 1 aromatic heterocycles. The minimum atomic E-state index is 0.251. The Hall–Kier alpha value is -3.31. The van der Waals surface area contributed by atoms with Crippen LogP contribution in [0.3, 0.4) is 0 Å². The fourth-order valence-electron chi connectivity index (χ4n) is 4.33. The molecular weight excluding hydrogens is 374 g/mol. The van der Waals surface area contributed by atoms with Crippen molar-refractivity contribution in [2.45, 2.75) is 6.04 Å². The third-order valence-electron chi connectivity index (χ3n) is 5.90. The third-order valence-corrected chi connectivity index (χ3v) is 5.90. The van der Waals surface area contributed by atoms with Gasteiger partial charge in [-0.3, -0.25) is 0 Å². The Morgan fingerprint density at radius 3 is 2.53 bits per heavy atom. The molecule has 0 amide bonds. The molecule has 30 heavy (non-hydrogen) atoms. The molecule has 1 atom stereocenters. The van der Waals surface area contributed by atoms with Crippen LogP contribution < -0.4 is 19.7 Å². The summed E-state index contributed by atoms with van der Waals surface area (Å²) in [5, 5.41) is 8.39. The van der Waals surface area contributed by atoms with Gasteiger partial charge in [-0.25, -0.2) is 4.98 Å². The average Bonchev–Trinajstić information content (AvgIpc) is 2.82. The van der Waals surface area contributed by atoms with E-state index in [1.54, 1.807) is 14.2 Å². The van der Waals surface area contributed by atoms with Crippen LogP contribution in [0.15, 0.2) is 66.9 Å². The van der Waals surface area contributed by atoms with Gasteiger partial charge in [0.15, 0.2) is 11.5 Å². The Kier molecular flexibility index (Phi) is 4.89. The number of nitrogens with zero attached hydrogens (tertiary/aromatic N) is 2. The lowest BCUT2D eigenvalue weighted by Gasteiger charge is -2.35. The molecule has 0 aliphatic carbocycles. The van der Waals surface area contributed by atoms with Crippen LogP contribution in [0.25, 0.3) is 21.5 Å². The maximum absolute atomic E-state index is 5.53. The quantitative estimate of drug-likeness (QED) is 0.545. The zero-order valence-electron chi connectivity index (χ0n) is 17.3. The number of pyridine rings is 1. The Labute approximate surface area is 176 Å². The van der Waals surface area contributed by atoms with Crippen molar-refractivity contribution in [2.24, 2.45) is 0 Å². The van der Waals surface area contributed by atoms with E-state index < -0.39 is 0 Å². The average molecular weight is 399 g/mol. The van der Waals surface area contributed by atoms with Gasteiger partial charge in [0.25, 0.3) is 0 Å². The number of hydrogen-bond acceptors (Lipinski definition) is 5. The molecule has 0 spiro atoms. The molecule has 1 aliphatic rings. The van der Waals surface area contributed by atoms with Crippen molar-refractivity contribution in [3.63, 3.8) is 0 Å². The molecule has 3 aromatic carbocycles. The molecule has 1 saturated heterocycles. The van der Waals surface area contributed by atoms with E-state index in [1.165, 1.54) is 16.3 Å². The molecule has 1 aliphatic heterocycles. The van der Waals surface area contributed by atoms with E-state index >= 15 is 0 Å². The molecule has 152 valence electrons. The van der Waals surface area contributed by atoms with Gasteiger partial charge in [0.1, 0.15) is 5.82 Å². The molecule has 0 bridgehead atoms. The third kappa shape index (κ3) is 3.31. The summed E-state index contributed by atoms with van der Waals surface area (Å²) >= 11 is 0. The zero-order chi connectivity index (χ0) is 20.5. The summed E-state index contributed by atoms with van der Waals surface area (Å²) in [5.41, 5.74) is 1.30. The van der Waals surface area contributed by atoms with Gasteiger partial charge in [0.05, 0.1) is 14.2 Å². The molecule has 1 fully saturated rings. The lowest BCUT2D eigenvalue weighted by Crippen LogP contribution is -2.46. The van der Waals surface area contributed by atoms with Crippen LogP contribution in [-0.2, 0) is 0 Å². The largest absolute Gasteiger partial charge is 0.493 e. The molecule has 4 aromatic rings. The Bertz CT molecular complexity index is 1210. The highest BCUT2D eigenvalue weighted by atomic mass is 16.5.